The molecule has 0 aromatic rings. The topological polar surface area (TPSA) is 98.1 Å². The summed E-state index contributed by atoms with van der Waals surface area (Å²) in [6.07, 6.45) is -1.39. The molecule has 1 aliphatic rings. The lowest BCUT2D eigenvalue weighted by atomic mass is 10.1. The molecular weight excluding hydrogens is 178 g/mol. The molecule has 13 heavy (non-hydrogen) atoms. The summed E-state index contributed by atoms with van der Waals surface area (Å²) in [6.45, 7) is -0.603. The highest BCUT2D eigenvalue weighted by molar-refractivity contribution is 5.86. The molecule has 3 N–H and O–H groups in total. The molecule has 2 unspecified atom stereocenters. The van der Waals surface area contributed by atoms with Crippen LogP contribution in [-0.4, -0.2) is 51.5 Å². The van der Waals surface area contributed by atoms with Crippen molar-refractivity contribution in [1.29, 1.82) is 0 Å². The Hall–Kier alpha value is -1.14. The van der Waals surface area contributed by atoms with Gasteiger partial charge in [-0.2, -0.15) is 0 Å². The van der Waals surface area contributed by atoms with Crippen LogP contribution in [0.3, 0.4) is 0 Å². The van der Waals surface area contributed by atoms with Crippen LogP contribution in [0.15, 0.2) is 0 Å². The molecular formula is C7H11NO5. The molecule has 0 bridgehead atoms. The minimum Gasteiger partial charge on any atom is -0.481 e. The minimum atomic E-state index is -1.28. The SMILES string of the molecule is O=C(O)C1CC(=O)N(C(O)CO)C1. The van der Waals surface area contributed by atoms with Gasteiger partial charge in [-0.05, 0) is 0 Å². The predicted octanol–water partition coefficient (Wildman–Crippen LogP) is -1.77. The Morgan fingerprint density at radius 2 is 2.31 bits per heavy atom. The van der Waals surface area contributed by atoms with Gasteiger partial charge in [0.05, 0.1) is 12.5 Å². The zero-order valence-corrected chi connectivity index (χ0v) is 6.88. The Morgan fingerprint density at radius 3 is 2.69 bits per heavy atom. The van der Waals surface area contributed by atoms with Crippen LogP contribution in [-0.2, 0) is 9.59 Å². The van der Waals surface area contributed by atoms with Crippen molar-refractivity contribution in [2.75, 3.05) is 13.2 Å². The Kier molecular flexibility index (Phi) is 2.84. The zero-order valence-electron chi connectivity index (χ0n) is 6.88. The van der Waals surface area contributed by atoms with E-state index in [1.165, 1.54) is 0 Å². The Bertz CT molecular complexity index is 229. The van der Waals surface area contributed by atoms with Gasteiger partial charge in [0, 0.05) is 13.0 Å². The van der Waals surface area contributed by atoms with Gasteiger partial charge in [-0.3, -0.25) is 9.59 Å². The highest BCUT2D eigenvalue weighted by atomic mass is 16.4. The van der Waals surface area contributed by atoms with Crippen molar-refractivity contribution in [2.45, 2.75) is 12.6 Å². The zero-order chi connectivity index (χ0) is 10.0. The van der Waals surface area contributed by atoms with E-state index in [0.717, 1.165) is 4.90 Å². The third-order valence-electron chi connectivity index (χ3n) is 2.03. The highest BCUT2D eigenvalue weighted by Gasteiger charge is 2.36. The van der Waals surface area contributed by atoms with E-state index in [1.54, 1.807) is 0 Å². The molecule has 0 saturated carbocycles. The summed E-state index contributed by atoms with van der Waals surface area (Å²) in [4.78, 5) is 22.5. The van der Waals surface area contributed by atoms with E-state index in [1.807, 2.05) is 0 Å². The van der Waals surface area contributed by atoms with Gasteiger partial charge in [-0.1, -0.05) is 0 Å². The molecule has 1 rings (SSSR count). The van der Waals surface area contributed by atoms with E-state index in [4.69, 9.17) is 15.3 Å². The van der Waals surface area contributed by atoms with Crippen molar-refractivity contribution in [1.82, 2.24) is 4.90 Å². The maximum atomic E-state index is 11.1. The molecule has 1 amide bonds. The Labute approximate surface area is 74.4 Å². The summed E-state index contributed by atoms with van der Waals surface area (Å²) in [5.74, 6) is -2.26. The summed E-state index contributed by atoms with van der Waals surface area (Å²) in [5.41, 5.74) is 0. The summed E-state index contributed by atoms with van der Waals surface area (Å²) in [5, 5.41) is 26.2. The number of carbonyl (C=O) groups is 2. The number of aliphatic hydroxyl groups excluding tert-OH is 2. The van der Waals surface area contributed by atoms with Crippen molar-refractivity contribution in [3.05, 3.63) is 0 Å². The number of carbonyl (C=O) groups excluding carboxylic acids is 1. The van der Waals surface area contributed by atoms with E-state index >= 15 is 0 Å². The lowest BCUT2D eigenvalue weighted by Crippen LogP contribution is -2.39. The second-order valence-electron chi connectivity index (χ2n) is 2.95. The summed E-state index contributed by atoms with van der Waals surface area (Å²) in [6, 6.07) is 0. The quantitative estimate of drug-likeness (QED) is 0.488. The number of carboxylic acids is 1. The van der Waals surface area contributed by atoms with Crippen molar-refractivity contribution >= 4 is 11.9 Å². The first kappa shape index (κ1) is 9.94. The number of hydrogen-bond acceptors (Lipinski definition) is 4. The van der Waals surface area contributed by atoms with Gasteiger partial charge in [-0.15, -0.1) is 0 Å². The van der Waals surface area contributed by atoms with Crippen LogP contribution < -0.4 is 0 Å². The second kappa shape index (κ2) is 3.71. The molecule has 0 radical (unpaired) electrons. The number of carboxylic acid groups (broad SMARTS) is 1. The van der Waals surface area contributed by atoms with Crippen molar-refractivity contribution in [3.63, 3.8) is 0 Å². The summed E-state index contributed by atoms with van der Waals surface area (Å²) >= 11 is 0. The monoisotopic (exact) mass is 189 g/mol. The van der Waals surface area contributed by atoms with E-state index in [0.29, 0.717) is 0 Å². The van der Waals surface area contributed by atoms with Crippen LogP contribution in [0, 0.1) is 5.92 Å². The van der Waals surface area contributed by atoms with Crippen molar-refractivity contribution in [2.24, 2.45) is 5.92 Å². The molecule has 2 atom stereocenters. The fourth-order valence-corrected chi connectivity index (χ4v) is 1.28. The molecule has 0 aromatic carbocycles. The van der Waals surface area contributed by atoms with Gasteiger partial charge in [0.1, 0.15) is 0 Å². The van der Waals surface area contributed by atoms with E-state index < -0.39 is 30.6 Å². The second-order valence-corrected chi connectivity index (χ2v) is 2.95. The van der Waals surface area contributed by atoms with E-state index in [2.05, 4.69) is 0 Å². The summed E-state index contributed by atoms with van der Waals surface area (Å²) < 4.78 is 0. The Morgan fingerprint density at radius 1 is 1.69 bits per heavy atom. The average Bonchev–Trinajstić information content (AvgIpc) is 2.46. The predicted molar refractivity (Wildman–Crippen MR) is 40.5 cm³/mol. The summed E-state index contributed by atoms with van der Waals surface area (Å²) in [7, 11) is 0. The number of amides is 1. The molecule has 0 aliphatic carbocycles. The van der Waals surface area contributed by atoms with Crippen LogP contribution in [0.5, 0.6) is 0 Å². The standard InChI is InChI=1S/C7H11NO5/c9-3-6(11)8-2-4(7(12)13)1-5(8)10/h4,6,9,11H,1-3H2,(H,12,13). The number of aliphatic carboxylic acids is 1. The van der Waals surface area contributed by atoms with Crippen LogP contribution >= 0.6 is 0 Å². The van der Waals surface area contributed by atoms with Crippen molar-refractivity contribution < 1.29 is 24.9 Å². The molecule has 6 heteroatoms. The first-order chi connectivity index (χ1) is 6.06. The number of rotatable bonds is 3. The third kappa shape index (κ3) is 1.96. The smallest absolute Gasteiger partial charge is 0.308 e. The molecule has 0 aromatic heterocycles. The number of aliphatic hydroxyl groups is 2. The minimum absolute atomic E-state index is 0.0319. The fourth-order valence-electron chi connectivity index (χ4n) is 1.28. The van der Waals surface area contributed by atoms with Crippen LogP contribution in [0.1, 0.15) is 6.42 Å². The van der Waals surface area contributed by atoms with E-state index in [-0.39, 0.29) is 13.0 Å². The van der Waals surface area contributed by atoms with Crippen LogP contribution in [0.25, 0.3) is 0 Å². The van der Waals surface area contributed by atoms with E-state index in [9.17, 15) is 9.59 Å². The number of nitrogens with zero attached hydrogens (tertiary/aromatic N) is 1. The maximum absolute atomic E-state index is 11.1. The largest absolute Gasteiger partial charge is 0.481 e. The lowest BCUT2D eigenvalue weighted by Gasteiger charge is -2.20. The fraction of sp³-hybridized carbons (Fsp3) is 0.714. The van der Waals surface area contributed by atoms with Gasteiger partial charge in [-0.25, -0.2) is 0 Å². The molecule has 1 aliphatic heterocycles. The highest BCUT2D eigenvalue weighted by Crippen LogP contribution is 2.19. The first-order valence-electron chi connectivity index (χ1n) is 3.87. The van der Waals surface area contributed by atoms with Gasteiger partial charge in [0.2, 0.25) is 5.91 Å². The van der Waals surface area contributed by atoms with Gasteiger partial charge in [0.25, 0.3) is 0 Å². The van der Waals surface area contributed by atoms with Gasteiger partial charge in [0.15, 0.2) is 6.23 Å². The van der Waals surface area contributed by atoms with Crippen molar-refractivity contribution in [3.8, 4) is 0 Å². The third-order valence-corrected chi connectivity index (χ3v) is 2.03. The molecule has 74 valence electrons. The molecule has 1 fully saturated rings. The maximum Gasteiger partial charge on any atom is 0.308 e. The average molecular weight is 189 g/mol. The lowest BCUT2D eigenvalue weighted by molar-refractivity contribution is -0.141. The molecule has 1 saturated heterocycles. The normalized spacial score (nSPS) is 24.9. The Balaban J connectivity index is 2.61. The van der Waals surface area contributed by atoms with Gasteiger partial charge >= 0.3 is 5.97 Å². The molecule has 1 heterocycles. The number of hydrogen-bond donors (Lipinski definition) is 3. The van der Waals surface area contributed by atoms with Crippen LogP contribution in [0.4, 0.5) is 0 Å². The molecule has 0 spiro atoms. The number of likely N-dealkylation sites (tertiary alicyclic amines) is 1. The van der Waals surface area contributed by atoms with Crippen LogP contribution in [0.2, 0.25) is 0 Å². The first-order valence-corrected chi connectivity index (χ1v) is 3.87. The van der Waals surface area contributed by atoms with Gasteiger partial charge < -0.3 is 20.2 Å². The molecule has 6 nitrogen and oxygen atoms in total.